The number of halogens is 1. The highest BCUT2D eigenvalue weighted by Crippen LogP contribution is 2.25. The number of hydrogen-bond donors (Lipinski definition) is 2. The molecule has 2 N–H and O–H groups in total. The molecule has 3 nitrogen and oxygen atoms in total. The van der Waals surface area contributed by atoms with Gasteiger partial charge in [0.25, 0.3) is 0 Å². The minimum absolute atomic E-state index is 0.0355. The summed E-state index contributed by atoms with van der Waals surface area (Å²) in [6.45, 7) is 2.40. The Balaban J connectivity index is 1.72. The van der Waals surface area contributed by atoms with Gasteiger partial charge in [0.05, 0.1) is 5.92 Å². The predicted octanol–water partition coefficient (Wildman–Crippen LogP) is 3.36. The van der Waals surface area contributed by atoms with Gasteiger partial charge in [-0.3, -0.25) is 4.79 Å². The van der Waals surface area contributed by atoms with Crippen LogP contribution in [-0.2, 0) is 11.2 Å². The van der Waals surface area contributed by atoms with Gasteiger partial charge >= 0.3 is 0 Å². The van der Waals surface area contributed by atoms with E-state index in [9.17, 15) is 9.18 Å². The highest BCUT2D eigenvalue weighted by molar-refractivity contribution is 5.94. The number of nitrogens with one attached hydrogen (secondary N) is 2. The maximum absolute atomic E-state index is 13.1. The van der Waals surface area contributed by atoms with E-state index in [-0.39, 0.29) is 17.6 Å². The number of amides is 1. The van der Waals surface area contributed by atoms with Crippen LogP contribution in [0, 0.1) is 18.7 Å². The SMILES string of the molecule is Cc1cc(F)ccc1NC(=O)C1CNc2ccccc2C1. The van der Waals surface area contributed by atoms with Crippen molar-refractivity contribution in [2.75, 3.05) is 17.2 Å². The molecule has 1 atom stereocenters. The number of rotatable bonds is 2. The van der Waals surface area contributed by atoms with E-state index in [0.717, 1.165) is 23.2 Å². The summed E-state index contributed by atoms with van der Waals surface area (Å²) >= 11 is 0. The summed E-state index contributed by atoms with van der Waals surface area (Å²) in [6.07, 6.45) is 0.718. The van der Waals surface area contributed by atoms with Gasteiger partial charge in [0, 0.05) is 17.9 Å². The van der Waals surface area contributed by atoms with Crippen LogP contribution >= 0.6 is 0 Å². The van der Waals surface area contributed by atoms with Gasteiger partial charge in [-0.25, -0.2) is 4.39 Å². The number of carbonyl (C=O) groups excluding carboxylic acids is 1. The minimum atomic E-state index is -0.293. The van der Waals surface area contributed by atoms with Crippen LogP contribution in [0.5, 0.6) is 0 Å². The first-order valence-corrected chi connectivity index (χ1v) is 7.02. The maximum atomic E-state index is 13.1. The van der Waals surface area contributed by atoms with E-state index in [1.54, 1.807) is 13.0 Å². The number of anilines is 2. The lowest BCUT2D eigenvalue weighted by Gasteiger charge is -2.25. The zero-order valence-corrected chi connectivity index (χ0v) is 11.8. The monoisotopic (exact) mass is 284 g/mol. The summed E-state index contributed by atoms with van der Waals surface area (Å²) in [7, 11) is 0. The van der Waals surface area contributed by atoms with Gasteiger partial charge in [-0.1, -0.05) is 18.2 Å². The Labute approximate surface area is 123 Å². The van der Waals surface area contributed by atoms with Crippen molar-refractivity contribution in [2.24, 2.45) is 5.92 Å². The second-order valence-electron chi connectivity index (χ2n) is 5.39. The summed E-state index contributed by atoms with van der Waals surface area (Å²) in [5.41, 5.74) is 3.65. The standard InChI is InChI=1S/C17H17FN2O/c1-11-8-14(18)6-7-15(11)20-17(21)13-9-12-4-2-3-5-16(12)19-10-13/h2-8,13,19H,9-10H2,1H3,(H,20,21). The first-order valence-electron chi connectivity index (χ1n) is 7.02. The van der Waals surface area contributed by atoms with Crippen LogP contribution in [0.15, 0.2) is 42.5 Å². The van der Waals surface area contributed by atoms with Gasteiger partial charge in [0.2, 0.25) is 5.91 Å². The Kier molecular flexibility index (Phi) is 3.60. The Hall–Kier alpha value is -2.36. The molecule has 0 radical (unpaired) electrons. The zero-order chi connectivity index (χ0) is 14.8. The summed E-state index contributed by atoms with van der Waals surface area (Å²) in [5, 5.41) is 6.17. The average Bonchev–Trinajstić information content (AvgIpc) is 2.49. The van der Waals surface area contributed by atoms with Crippen molar-refractivity contribution in [2.45, 2.75) is 13.3 Å². The van der Waals surface area contributed by atoms with E-state index in [1.165, 1.54) is 12.1 Å². The maximum Gasteiger partial charge on any atom is 0.229 e. The molecule has 3 rings (SSSR count). The van der Waals surface area contributed by atoms with Gasteiger partial charge in [0.15, 0.2) is 0 Å². The predicted molar refractivity (Wildman–Crippen MR) is 81.9 cm³/mol. The van der Waals surface area contributed by atoms with Crippen molar-refractivity contribution in [3.05, 3.63) is 59.4 Å². The molecule has 1 aliphatic rings. The molecular formula is C17H17FN2O. The van der Waals surface area contributed by atoms with Crippen LogP contribution in [0.25, 0.3) is 0 Å². The Morgan fingerprint density at radius 1 is 1.29 bits per heavy atom. The first-order chi connectivity index (χ1) is 10.1. The average molecular weight is 284 g/mol. The van der Waals surface area contributed by atoms with E-state index in [2.05, 4.69) is 10.6 Å². The van der Waals surface area contributed by atoms with Crippen LogP contribution < -0.4 is 10.6 Å². The normalized spacial score (nSPS) is 16.8. The molecule has 1 unspecified atom stereocenters. The molecule has 0 bridgehead atoms. The van der Waals surface area contributed by atoms with Gasteiger partial charge in [0.1, 0.15) is 5.82 Å². The second kappa shape index (κ2) is 5.56. The quantitative estimate of drug-likeness (QED) is 0.888. The van der Waals surface area contributed by atoms with Gasteiger partial charge < -0.3 is 10.6 Å². The Morgan fingerprint density at radius 3 is 2.90 bits per heavy atom. The number of aryl methyl sites for hydroxylation is 1. The molecule has 4 heteroatoms. The van der Waals surface area contributed by atoms with Crippen molar-refractivity contribution in [3.8, 4) is 0 Å². The number of para-hydroxylation sites is 1. The van der Waals surface area contributed by atoms with E-state index in [1.807, 2.05) is 24.3 Å². The highest BCUT2D eigenvalue weighted by Gasteiger charge is 2.24. The molecule has 0 saturated heterocycles. The van der Waals surface area contributed by atoms with Crippen LogP contribution in [0.2, 0.25) is 0 Å². The van der Waals surface area contributed by atoms with Gasteiger partial charge in [-0.05, 0) is 48.7 Å². The van der Waals surface area contributed by atoms with Crippen molar-refractivity contribution < 1.29 is 9.18 Å². The van der Waals surface area contributed by atoms with E-state index in [4.69, 9.17) is 0 Å². The van der Waals surface area contributed by atoms with Gasteiger partial charge in [-0.15, -0.1) is 0 Å². The smallest absolute Gasteiger partial charge is 0.229 e. The number of fused-ring (bicyclic) bond motifs is 1. The van der Waals surface area contributed by atoms with Crippen molar-refractivity contribution in [1.29, 1.82) is 0 Å². The summed E-state index contributed by atoms with van der Waals surface area (Å²) in [4.78, 5) is 12.4. The third kappa shape index (κ3) is 2.89. The molecule has 1 heterocycles. The van der Waals surface area contributed by atoms with Crippen LogP contribution in [0.4, 0.5) is 15.8 Å². The fourth-order valence-corrected chi connectivity index (χ4v) is 2.63. The summed E-state index contributed by atoms with van der Waals surface area (Å²) < 4.78 is 13.1. The van der Waals surface area contributed by atoms with Crippen LogP contribution in [0.3, 0.4) is 0 Å². The topological polar surface area (TPSA) is 41.1 Å². The third-order valence-corrected chi connectivity index (χ3v) is 3.84. The molecule has 108 valence electrons. The Morgan fingerprint density at radius 2 is 2.10 bits per heavy atom. The van der Waals surface area contributed by atoms with Gasteiger partial charge in [-0.2, -0.15) is 0 Å². The third-order valence-electron chi connectivity index (χ3n) is 3.84. The molecule has 2 aromatic rings. The molecule has 0 saturated carbocycles. The molecule has 0 fully saturated rings. The summed E-state index contributed by atoms with van der Waals surface area (Å²) in [5.74, 6) is -0.449. The molecular weight excluding hydrogens is 267 g/mol. The molecule has 2 aromatic carbocycles. The largest absolute Gasteiger partial charge is 0.384 e. The van der Waals surface area contributed by atoms with E-state index < -0.39 is 0 Å². The van der Waals surface area contributed by atoms with E-state index >= 15 is 0 Å². The molecule has 1 amide bonds. The van der Waals surface area contributed by atoms with Crippen molar-refractivity contribution in [3.63, 3.8) is 0 Å². The van der Waals surface area contributed by atoms with E-state index in [0.29, 0.717) is 12.2 Å². The lowest BCUT2D eigenvalue weighted by molar-refractivity contribution is -0.119. The summed E-state index contributed by atoms with van der Waals surface area (Å²) in [6, 6.07) is 12.4. The number of hydrogen-bond acceptors (Lipinski definition) is 2. The van der Waals surface area contributed by atoms with Crippen LogP contribution in [0.1, 0.15) is 11.1 Å². The molecule has 21 heavy (non-hydrogen) atoms. The fraction of sp³-hybridized carbons (Fsp3) is 0.235. The van der Waals surface area contributed by atoms with Crippen molar-refractivity contribution >= 4 is 17.3 Å². The number of carbonyl (C=O) groups is 1. The lowest BCUT2D eigenvalue weighted by atomic mass is 9.93. The molecule has 1 aliphatic heterocycles. The first kappa shape index (κ1) is 13.6. The number of benzene rings is 2. The lowest BCUT2D eigenvalue weighted by Crippen LogP contribution is -2.33. The fourth-order valence-electron chi connectivity index (χ4n) is 2.63. The molecule has 0 spiro atoms. The molecule has 0 aromatic heterocycles. The zero-order valence-electron chi connectivity index (χ0n) is 11.8. The van der Waals surface area contributed by atoms with Crippen LogP contribution in [-0.4, -0.2) is 12.5 Å². The molecule has 0 aliphatic carbocycles. The van der Waals surface area contributed by atoms with Crippen molar-refractivity contribution in [1.82, 2.24) is 0 Å². The Bertz CT molecular complexity index is 684. The highest BCUT2D eigenvalue weighted by atomic mass is 19.1. The minimum Gasteiger partial charge on any atom is -0.384 e. The second-order valence-corrected chi connectivity index (χ2v) is 5.39.